The van der Waals surface area contributed by atoms with E-state index in [-0.39, 0.29) is 11.9 Å². The molecule has 0 unspecified atom stereocenters. The van der Waals surface area contributed by atoms with E-state index in [0.717, 1.165) is 23.4 Å². The van der Waals surface area contributed by atoms with E-state index in [1.807, 2.05) is 34.5 Å². The van der Waals surface area contributed by atoms with Gasteiger partial charge < -0.3 is 0 Å². The van der Waals surface area contributed by atoms with E-state index in [1.54, 1.807) is 27.7 Å². The molecular weight excluding hydrogens is 362 g/mol. The van der Waals surface area contributed by atoms with Crippen LogP contribution in [-0.2, 0) is 17.8 Å². The zero-order valence-electron chi connectivity index (χ0n) is 14.5. The van der Waals surface area contributed by atoms with Crippen molar-refractivity contribution in [3.63, 3.8) is 0 Å². The molecule has 0 N–H and O–H groups in total. The quantitative estimate of drug-likeness (QED) is 0.614. The van der Waals surface area contributed by atoms with Crippen molar-refractivity contribution in [3.05, 3.63) is 74.9 Å². The average molecular weight is 383 g/mol. The lowest BCUT2D eigenvalue weighted by Gasteiger charge is -2.19. The van der Waals surface area contributed by atoms with E-state index in [1.165, 1.54) is 10.4 Å². The summed E-state index contributed by atoms with van der Waals surface area (Å²) >= 11 is 3.35. The Morgan fingerprint density at radius 3 is 2.62 bits per heavy atom. The van der Waals surface area contributed by atoms with Crippen LogP contribution in [0.1, 0.15) is 34.7 Å². The van der Waals surface area contributed by atoms with Crippen molar-refractivity contribution in [2.45, 2.75) is 32.4 Å². The van der Waals surface area contributed by atoms with Crippen LogP contribution in [0.15, 0.2) is 64.7 Å². The highest BCUT2D eigenvalue weighted by Gasteiger charge is 2.35. The second-order valence-corrected chi connectivity index (χ2v) is 8.16. The van der Waals surface area contributed by atoms with Gasteiger partial charge in [0.15, 0.2) is 12.4 Å². The third-order valence-electron chi connectivity index (χ3n) is 4.53. The number of carbonyl (C=O) groups excluding carboxylic acids is 1. The molecule has 0 saturated heterocycles. The van der Waals surface area contributed by atoms with E-state index in [0.29, 0.717) is 6.54 Å². The van der Waals surface area contributed by atoms with Gasteiger partial charge in [-0.25, -0.2) is 5.01 Å². The zero-order valence-corrected chi connectivity index (χ0v) is 16.2. The Morgan fingerprint density at radius 2 is 1.96 bits per heavy atom. The van der Waals surface area contributed by atoms with Gasteiger partial charge in [0.05, 0.1) is 16.6 Å². The van der Waals surface area contributed by atoms with Crippen molar-refractivity contribution in [2.24, 2.45) is 5.10 Å². The Morgan fingerprint density at radius 1 is 1.19 bits per heavy atom. The van der Waals surface area contributed by atoms with Crippen molar-refractivity contribution in [1.29, 1.82) is 0 Å². The highest BCUT2D eigenvalue weighted by molar-refractivity contribution is 7.12. The number of hydrogen-bond donors (Lipinski definition) is 0. The largest absolute Gasteiger partial charge is 0.309 e. The van der Waals surface area contributed by atoms with E-state index in [4.69, 9.17) is 5.10 Å². The van der Waals surface area contributed by atoms with Gasteiger partial charge in [0.1, 0.15) is 0 Å². The van der Waals surface area contributed by atoms with Gasteiger partial charge >= 0.3 is 5.91 Å². The fourth-order valence-electron chi connectivity index (χ4n) is 3.09. The Balaban J connectivity index is 1.58. The molecule has 4 heterocycles. The zero-order chi connectivity index (χ0) is 17.9. The first-order chi connectivity index (χ1) is 12.7. The molecular formula is C20H20N3OS2+. The molecule has 0 saturated carbocycles. The van der Waals surface area contributed by atoms with Crippen LogP contribution in [0.5, 0.6) is 0 Å². The number of amides is 1. The average Bonchev–Trinajstić information content (AvgIpc) is 3.42. The molecule has 1 atom stereocenters. The first-order valence-electron chi connectivity index (χ1n) is 8.69. The molecule has 26 heavy (non-hydrogen) atoms. The number of rotatable bonds is 5. The fourth-order valence-corrected chi connectivity index (χ4v) is 4.63. The number of nitrogens with zero attached hydrogens (tertiary/aromatic N) is 3. The normalized spacial score (nSPS) is 16.7. The Kier molecular flexibility index (Phi) is 4.95. The number of thiophene rings is 2. The molecule has 1 aliphatic heterocycles. The second-order valence-electron chi connectivity index (χ2n) is 6.23. The first kappa shape index (κ1) is 17.1. The molecule has 4 nitrogen and oxygen atoms in total. The number of pyridine rings is 1. The fraction of sp³-hybridized carbons (Fsp3) is 0.250. The van der Waals surface area contributed by atoms with Crippen LogP contribution in [0.4, 0.5) is 0 Å². The topological polar surface area (TPSA) is 36.5 Å². The van der Waals surface area contributed by atoms with E-state index in [2.05, 4.69) is 36.6 Å². The number of carbonyl (C=O) groups is 1. The highest BCUT2D eigenvalue weighted by Crippen LogP contribution is 2.35. The van der Waals surface area contributed by atoms with Gasteiger partial charge in [-0.2, -0.15) is 9.67 Å². The van der Waals surface area contributed by atoms with Crippen LogP contribution in [0.25, 0.3) is 0 Å². The maximum atomic E-state index is 13.0. The summed E-state index contributed by atoms with van der Waals surface area (Å²) in [6.45, 7) is 2.43. The molecule has 4 rings (SSSR count). The number of aryl methyl sites for hydroxylation is 1. The minimum Gasteiger partial charge on any atom is -0.265 e. The molecule has 0 aliphatic carbocycles. The van der Waals surface area contributed by atoms with Crippen molar-refractivity contribution < 1.29 is 9.36 Å². The van der Waals surface area contributed by atoms with Gasteiger partial charge in [-0.15, -0.1) is 22.7 Å². The van der Waals surface area contributed by atoms with Crippen LogP contribution >= 0.6 is 22.7 Å². The Bertz CT molecular complexity index is 899. The molecule has 0 aromatic carbocycles. The lowest BCUT2D eigenvalue weighted by molar-refractivity contribution is -0.685. The molecule has 1 amide bonds. The maximum Gasteiger partial charge on any atom is 0.309 e. The van der Waals surface area contributed by atoms with Crippen LogP contribution < -0.4 is 4.57 Å². The van der Waals surface area contributed by atoms with E-state index >= 15 is 0 Å². The molecule has 6 heteroatoms. The summed E-state index contributed by atoms with van der Waals surface area (Å²) in [5.41, 5.74) is 2.27. The molecule has 0 fully saturated rings. The van der Waals surface area contributed by atoms with Gasteiger partial charge in [0, 0.05) is 23.4 Å². The molecule has 3 aromatic rings. The second kappa shape index (κ2) is 7.51. The number of hydrogen-bond acceptors (Lipinski definition) is 4. The molecule has 132 valence electrons. The standard InChI is InChI=1S/C20H20N3OS2/c1-2-15-7-9-22(10-8-15)14-20(24)23-17(19-6-4-12-26-19)13-16(21-23)18-5-3-11-25-18/h3-12,17H,2,13-14H2,1H3/q+1/t17-/m0/s1. The predicted molar refractivity (Wildman–Crippen MR) is 105 cm³/mol. The summed E-state index contributed by atoms with van der Waals surface area (Å²) in [6.07, 6.45) is 5.70. The highest BCUT2D eigenvalue weighted by atomic mass is 32.1. The van der Waals surface area contributed by atoms with Gasteiger partial charge in [0.25, 0.3) is 0 Å². The van der Waals surface area contributed by atoms with E-state index in [9.17, 15) is 4.79 Å². The van der Waals surface area contributed by atoms with Crippen LogP contribution in [0, 0.1) is 0 Å². The van der Waals surface area contributed by atoms with Crippen molar-refractivity contribution >= 4 is 34.3 Å². The van der Waals surface area contributed by atoms with Gasteiger partial charge in [-0.1, -0.05) is 19.1 Å². The summed E-state index contributed by atoms with van der Waals surface area (Å²) in [6, 6.07) is 12.3. The lowest BCUT2D eigenvalue weighted by Crippen LogP contribution is -2.42. The van der Waals surface area contributed by atoms with Crippen LogP contribution in [0.3, 0.4) is 0 Å². The predicted octanol–water partition coefficient (Wildman–Crippen LogP) is 4.04. The number of aromatic nitrogens is 1. The maximum absolute atomic E-state index is 13.0. The first-order valence-corrected chi connectivity index (χ1v) is 10.5. The minimum atomic E-state index is -0.00452. The molecule has 3 aromatic heterocycles. The Hall–Kier alpha value is -2.31. The third-order valence-corrected chi connectivity index (χ3v) is 6.42. The summed E-state index contributed by atoms with van der Waals surface area (Å²) in [5.74, 6) is 0.0178. The summed E-state index contributed by atoms with van der Waals surface area (Å²) < 4.78 is 1.92. The Labute approximate surface area is 161 Å². The van der Waals surface area contributed by atoms with Crippen molar-refractivity contribution in [3.8, 4) is 0 Å². The third kappa shape index (κ3) is 3.48. The molecule has 0 radical (unpaired) electrons. The summed E-state index contributed by atoms with van der Waals surface area (Å²) in [7, 11) is 0. The van der Waals surface area contributed by atoms with Gasteiger partial charge in [0.2, 0.25) is 6.54 Å². The van der Waals surface area contributed by atoms with Gasteiger partial charge in [-0.05, 0) is 34.9 Å². The monoisotopic (exact) mass is 382 g/mol. The number of hydrazone groups is 1. The van der Waals surface area contributed by atoms with Crippen molar-refractivity contribution in [1.82, 2.24) is 5.01 Å². The molecule has 1 aliphatic rings. The minimum absolute atomic E-state index is 0.00452. The summed E-state index contributed by atoms with van der Waals surface area (Å²) in [4.78, 5) is 15.3. The van der Waals surface area contributed by atoms with Gasteiger partial charge in [-0.3, -0.25) is 4.79 Å². The molecule has 0 bridgehead atoms. The van der Waals surface area contributed by atoms with Crippen molar-refractivity contribution in [2.75, 3.05) is 0 Å². The smallest absolute Gasteiger partial charge is 0.265 e. The van der Waals surface area contributed by atoms with Crippen LogP contribution in [0.2, 0.25) is 0 Å². The molecule has 0 spiro atoms. The lowest BCUT2D eigenvalue weighted by atomic mass is 10.1. The summed E-state index contributed by atoms with van der Waals surface area (Å²) in [5, 5.41) is 10.5. The van der Waals surface area contributed by atoms with Crippen LogP contribution in [-0.4, -0.2) is 16.6 Å². The van der Waals surface area contributed by atoms with E-state index < -0.39 is 0 Å². The SMILES string of the molecule is CCc1cc[n+](CC(=O)N2N=C(c3cccs3)C[C@H]2c2cccs2)cc1.